The number of para-hydroxylation sites is 1. The monoisotopic (exact) mass is 549 g/mol. The van der Waals surface area contributed by atoms with Gasteiger partial charge in [0.05, 0.1) is 11.6 Å². The first-order chi connectivity index (χ1) is 19.3. The number of unbranched alkanes of at least 4 members (excludes halogenated alkanes) is 4. The summed E-state index contributed by atoms with van der Waals surface area (Å²) in [5, 5.41) is 4.16. The minimum Gasteiger partial charge on any atom is -0.368 e. The summed E-state index contributed by atoms with van der Waals surface area (Å²) in [4.78, 5) is 43.1. The van der Waals surface area contributed by atoms with Crippen LogP contribution in [0.2, 0.25) is 0 Å². The van der Waals surface area contributed by atoms with Crippen LogP contribution in [0.15, 0.2) is 35.1 Å². The lowest BCUT2D eigenvalue weighted by Crippen LogP contribution is -2.51. The maximum Gasteiger partial charge on any atom is 0.264 e. The first-order valence-electron chi connectivity index (χ1n) is 15.6. The highest BCUT2D eigenvalue weighted by molar-refractivity contribution is 5.97. The molecular weight excluding hydrogens is 502 g/mol. The van der Waals surface area contributed by atoms with Crippen molar-refractivity contribution < 1.29 is 9.59 Å². The van der Waals surface area contributed by atoms with Crippen LogP contribution in [-0.4, -0.2) is 70.0 Å². The Hall–Kier alpha value is -2.71. The summed E-state index contributed by atoms with van der Waals surface area (Å²) in [5.74, 6) is -0.405. The molecule has 2 amide bonds. The Kier molecular flexibility index (Phi) is 9.26. The molecule has 3 aliphatic heterocycles. The largest absolute Gasteiger partial charge is 0.368 e. The lowest BCUT2D eigenvalue weighted by Gasteiger charge is -2.39. The Morgan fingerprint density at radius 1 is 0.975 bits per heavy atom. The number of aromatic nitrogens is 1. The fraction of sp³-hybridized carbons (Fsp3) is 0.656. The van der Waals surface area contributed by atoms with Crippen molar-refractivity contribution in [2.45, 2.75) is 115 Å². The van der Waals surface area contributed by atoms with Crippen molar-refractivity contribution >= 4 is 22.7 Å². The molecule has 8 heteroatoms. The summed E-state index contributed by atoms with van der Waals surface area (Å²) in [6, 6.07) is 10.6. The van der Waals surface area contributed by atoms with E-state index in [1.54, 1.807) is 10.6 Å². The first kappa shape index (κ1) is 28.8. The van der Waals surface area contributed by atoms with Gasteiger partial charge in [-0.05, 0) is 102 Å². The number of rotatable bonds is 12. The zero-order chi connectivity index (χ0) is 28.2. The highest BCUT2D eigenvalue weighted by Gasteiger charge is 2.40. The summed E-state index contributed by atoms with van der Waals surface area (Å²) in [6.07, 6.45) is 12.3. The van der Waals surface area contributed by atoms with Crippen molar-refractivity contribution in [3.63, 3.8) is 0 Å². The molecule has 1 aromatic heterocycles. The molecular formula is C32H47N5O3. The number of likely N-dealkylation sites (tertiary alicyclic amines) is 1. The molecule has 0 saturated carbocycles. The highest BCUT2D eigenvalue weighted by Crippen LogP contribution is 2.36. The SMILES string of the molecule is CC(C)n1c(=O)c(C(=O)NC2C[C@H]3CC[C@@H](C2)N3CCCCCCCN2CCC[C@H]2C(N)=O)cc2ccccc21. The van der Waals surface area contributed by atoms with Crippen molar-refractivity contribution in [3.8, 4) is 0 Å². The lowest BCUT2D eigenvalue weighted by atomic mass is 9.96. The second-order valence-electron chi connectivity index (χ2n) is 12.5. The van der Waals surface area contributed by atoms with E-state index in [0.717, 1.165) is 62.6 Å². The van der Waals surface area contributed by atoms with Crippen LogP contribution in [0.3, 0.4) is 0 Å². The average Bonchev–Trinajstić information content (AvgIpc) is 3.49. The molecule has 0 radical (unpaired) electrons. The van der Waals surface area contributed by atoms with Gasteiger partial charge in [0.1, 0.15) is 5.56 Å². The van der Waals surface area contributed by atoms with Crippen LogP contribution in [-0.2, 0) is 4.79 Å². The number of benzene rings is 1. The summed E-state index contributed by atoms with van der Waals surface area (Å²) >= 11 is 0. The van der Waals surface area contributed by atoms with Gasteiger partial charge in [-0.2, -0.15) is 0 Å². The molecule has 2 aromatic rings. The number of nitrogens with two attached hydrogens (primary N) is 1. The molecule has 4 heterocycles. The Morgan fingerprint density at radius 3 is 2.35 bits per heavy atom. The molecule has 0 spiro atoms. The number of hydrogen-bond donors (Lipinski definition) is 2. The number of nitrogens with one attached hydrogen (secondary N) is 1. The number of nitrogens with zero attached hydrogens (tertiary/aromatic N) is 3. The maximum atomic E-state index is 13.3. The van der Waals surface area contributed by atoms with E-state index in [4.69, 9.17) is 5.73 Å². The van der Waals surface area contributed by atoms with Crippen molar-refractivity contribution in [3.05, 3.63) is 46.2 Å². The van der Waals surface area contributed by atoms with Crippen LogP contribution in [0.4, 0.5) is 0 Å². The zero-order valence-corrected chi connectivity index (χ0v) is 24.3. The van der Waals surface area contributed by atoms with Crippen LogP contribution >= 0.6 is 0 Å². The topological polar surface area (TPSA) is 101 Å². The number of hydrogen-bond acceptors (Lipinski definition) is 5. The van der Waals surface area contributed by atoms with Crippen molar-refractivity contribution in [1.82, 2.24) is 19.7 Å². The van der Waals surface area contributed by atoms with Crippen LogP contribution in [0.25, 0.3) is 10.9 Å². The van der Waals surface area contributed by atoms with Crippen LogP contribution in [0, 0.1) is 0 Å². The molecule has 5 rings (SSSR count). The Morgan fingerprint density at radius 2 is 1.65 bits per heavy atom. The predicted molar refractivity (Wildman–Crippen MR) is 159 cm³/mol. The van der Waals surface area contributed by atoms with Crippen molar-refractivity contribution in [2.24, 2.45) is 5.73 Å². The van der Waals surface area contributed by atoms with Crippen LogP contribution in [0.5, 0.6) is 0 Å². The zero-order valence-electron chi connectivity index (χ0n) is 24.3. The normalized spacial score (nSPS) is 25.2. The predicted octanol–water partition coefficient (Wildman–Crippen LogP) is 4.21. The molecule has 4 atom stereocenters. The molecule has 3 fully saturated rings. The van der Waals surface area contributed by atoms with Crippen molar-refractivity contribution in [2.75, 3.05) is 19.6 Å². The number of carbonyl (C=O) groups excluding carboxylic acids is 2. The second-order valence-corrected chi connectivity index (χ2v) is 12.5. The van der Waals surface area contributed by atoms with Gasteiger partial charge in [0, 0.05) is 24.2 Å². The molecule has 218 valence electrons. The molecule has 1 unspecified atom stereocenters. The van der Waals surface area contributed by atoms with E-state index in [1.165, 1.54) is 38.5 Å². The molecule has 3 saturated heterocycles. The smallest absolute Gasteiger partial charge is 0.264 e. The van der Waals surface area contributed by atoms with Gasteiger partial charge in [0.2, 0.25) is 5.91 Å². The third-order valence-electron chi connectivity index (χ3n) is 9.48. The number of carbonyl (C=O) groups is 2. The Bertz CT molecular complexity index is 1240. The summed E-state index contributed by atoms with van der Waals surface area (Å²) < 4.78 is 1.74. The minimum absolute atomic E-state index is 0.0245. The molecule has 3 N–H and O–H groups in total. The summed E-state index contributed by atoms with van der Waals surface area (Å²) in [7, 11) is 0. The van der Waals surface area contributed by atoms with E-state index in [1.807, 2.05) is 38.1 Å². The molecule has 3 aliphatic rings. The van der Waals surface area contributed by atoms with E-state index in [0.29, 0.717) is 12.1 Å². The third-order valence-corrected chi connectivity index (χ3v) is 9.48. The van der Waals surface area contributed by atoms with Gasteiger partial charge in [-0.25, -0.2) is 0 Å². The van der Waals surface area contributed by atoms with Gasteiger partial charge in [-0.3, -0.25) is 24.2 Å². The summed E-state index contributed by atoms with van der Waals surface area (Å²) in [6.45, 7) is 7.10. The molecule has 1 aromatic carbocycles. The van der Waals surface area contributed by atoms with Crippen LogP contribution < -0.4 is 16.6 Å². The first-order valence-corrected chi connectivity index (χ1v) is 15.6. The quantitative estimate of drug-likeness (QED) is 0.387. The second kappa shape index (κ2) is 12.9. The average molecular weight is 550 g/mol. The molecule has 8 nitrogen and oxygen atoms in total. The minimum atomic E-state index is -0.237. The standard InChI is InChI=1S/C32H47N5O3/c1-22(2)37-28-12-7-6-11-23(28)19-27(32(37)40)31(39)34-24-20-25-14-15-26(21-24)36(25)18-9-5-3-4-8-16-35-17-10-13-29(35)30(33)38/h6-7,11-12,19,22,24-26,29H,3-5,8-10,13-18,20-21H2,1-2H3,(H2,33,38)(H,34,39)/t24?,25-,26+,29-/m0/s1. The number of fused-ring (bicyclic) bond motifs is 3. The van der Waals surface area contributed by atoms with Gasteiger partial charge in [-0.15, -0.1) is 0 Å². The number of pyridine rings is 1. The lowest BCUT2D eigenvalue weighted by molar-refractivity contribution is -0.122. The highest BCUT2D eigenvalue weighted by atomic mass is 16.2. The van der Waals surface area contributed by atoms with E-state index >= 15 is 0 Å². The van der Waals surface area contributed by atoms with Gasteiger partial charge in [0.25, 0.3) is 11.5 Å². The van der Waals surface area contributed by atoms with Gasteiger partial charge in [0.15, 0.2) is 0 Å². The third kappa shape index (κ3) is 6.28. The Balaban J connectivity index is 1.07. The van der Waals surface area contributed by atoms with E-state index in [9.17, 15) is 14.4 Å². The van der Waals surface area contributed by atoms with Gasteiger partial charge >= 0.3 is 0 Å². The maximum absolute atomic E-state index is 13.3. The Labute approximate surface area is 238 Å². The number of amides is 2. The van der Waals surface area contributed by atoms with Crippen LogP contribution in [0.1, 0.15) is 101 Å². The molecule has 40 heavy (non-hydrogen) atoms. The number of piperidine rings is 1. The van der Waals surface area contributed by atoms with Gasteiger partial charge < -0.3 is 15.6 Å². The summed E-state index contributed by atoms with van der Waals surface area (Å²) in [5.41, 5.74) is 6.44. The molecule has 2 bridgehead atoms. The van der Waals surface area contributed by atoms with Crippen molar-refractivity contribution in [1.29, 1.82) is 0 Å². The van der Waals surface area contributed by atoms with E-state index in [2.05, 4.69) is 15.1 Å². The van der Waals surface area contributed by atoms with Gasteiger partial charge in [-0.1, -0.05) is 37.5 Å². The number of primary amides is 1. The van der Waals surface area contributed by atoms with E-state index < -0.39 is 0 Å². The fourth-order valence-corrected chi connectivity index (χ4v) is 7.54. The fourth-order valence-electron chi connectivity index (χ4n) is 7.54. The van der Waals surface area contributed by atoms with E-state index in [-0.39, 0.29) is 41.1 Å². The molecule has 0 aliphatic carbocycles.